The van der Waals surface area contributed by atoms with Gasteiger partial charge in [0.2, 0.25) is 11.8 Å². The predicted molar refractivity (Wildman–Crippen MR) is 96.7 cm³/mol. The van der Waals surface area contributed by atoms with Gasteiger partial charge in [-0.15, -0.1) is 0 Å². The quantitative estimate of drug-likeness (QED) is 0.731. The number of nitrogens with two attached hydrogens (primary N) is 1. The molecule has 1 amide bonds. The summed E-state index contributed by atoms with van der Waals surface area (Å²) in [5, 5.41) is 2.81. The van der Waals surface area contributed by atoms with Gasteiger partial charge in [0.25, 0.3) is 0 Å². The van der Waals surface area contributed by atoms with E-state index in [4.69, 9.17) is 15.2 Å². The topological polar surface area (TPSA) is 86.5 Å². The summed E-state index contributed by atoms with van der Waals surface area (Å²) in [4.78, 5) is 16.1. The molecule has 0 bridgehead atoms. The number of hydrogen-bond acceptors (Lipinski definition) is 5. The zero-order valence-electron chi connectivity index (χ0n) is 14.7. The van der Waals surface area contributed by atoms with Crippen LogP contribution in [0.15, 0.2) is 42.6 Å². The number of hydrogen-bond donors (Lipinski definition) is 2. The summed E-state index contributed by atoms with van der Waals surface area (Å²) in [6.07, 6.45) is 3.23. The van der Waals surface area contributed by atoms with Crippen LogP contribution >= 0.6 is 0 Å². The van der Waals surface area contributed by atoms with Gasteiger partial charge < -0.3 is 20.5 Å². The number of para-hydroxylation sites is 2. The SMILES string of the molecule is CCCC(N)C(=O)NCc1ccc(Oc2ccccc2OCC)nc1. The zero-order chi connectivity index (χ0) is 18.1. The summed E-state index contributed by atoms with van der Waals surface area (Å²) in [5.41, 5.74) is 6.66. The Hall–Kier alpha value is -2.60. The molecule has 1 aromatic carbocycles. The first-order valence-electron chi connectivity index (χ1n) is 8.52. The molecule has 0 fully saturated rings. The molecule has 25 heavy (non-hydrogen) atoms. The lowest BCUT2D eigenvalue weighted by Crippen LogP contribution is -2.40. The monoisotopic (exact) mass is 343 g/mol. The predicted octanol–water partition coefficient (Wildman–Crippen LogP) is 3.02. The minimum Gasteiger partial charge on any atom is -0.490 e. The maximum absolute atomic E-state index is 11.8. The number of benzene rings is 1. The van der Waals surface area contributed by atoms with Crippen molar-refractivity contribution in [1.29, 1.82) is 0 Å². The molecule has 2 aromatic rings. The van der Waals surface area contributed by atoms with Crippen LogP contribution in [0.4, 0.5) is 0 Å². The highest BCUT2D eigenvalue weighted by molar-refractivity contribution is 5.81. The largest absolute Gasteiger partial charge is 0.490 e. The van der Waals surface area contributed by atoms with Crippen molar-refractivity contribution in [2.45, 2.75) is 39.3 Å². The molecule has 3 N–H and O–H groups in total. The van der Waals surface area contributed by atoms with Crippen LogP contribution in [0.3, 0.4) is 0 Å². The third-order valence-electron chi connectivity index (χ3n) is 3.56. The van der Waals surface area contributed by atoms with Gasteiger partial charge in [-0.25, -0.2) is 4.98 Å². The van der Waals surface area contributed by atoms with E-state index in [1.165, 1.54) is 0 Å². The van der Waals surface area contributed by atoms with E-state index < -0.39 is 6.04 Å². The Morgan fingerprint density at radius 2 is 1.96 bits per heavy atom. The smallest absolute Gasteiger partial charge is 0.237 e. The van der Waals surface area contributed by atoms with Gasteiger partial charge in [-0.1, -0.05) is 31.5 Å². The molecule has 134 valence electrons. The molecule has 0 aliphatic carbocycles. The van der Waals surface area contributed by atoms with E-state index in [-0.39, 0.29) is 5.91 Å². The Bertz CT molecular complexity index is 674. The Morgan fingerprint density at radius 1 is 1.20 bits per heavy atom. The van der Waals surface area contributed by atoms with Crippen LogP contribution in [-0.2, 0) is 11.3 Å². The lowest BCUT2D eigenvalue weighted by Gasteiger charge is -2.12. The summed E-state index contributed by atoms with van der Waals surface area (Å²) in [5.74, 6) is 1.61. The van der Waals surface area contributed by atoms with E-state index in [1.807, 2.05) is 44.2 Å². The minimum atomic E-state index is -0.462. The van der Waals surface area contributed by atoms with E-state index in [0.29, 0.717) is 37.0 Å². The number of amides is 1. The Labute approximate surface area is 148 Å². The van der Waals surface area contributed by atoms with Gasteiger partial charge >= 0.3 is 0 Å². The van der Waals surface area contributed by atoms with Crippen LogP contribution in [0.5, 0.6) is 17.4 Å². The number of carbonyl (C=O) groups excluding carboxylic acids is 1. The van der Waals surface area contributed by atoms with Crippen molar-refractivity contribution in [2.75, 3.05) is 6.61 Å². The third kappa shape index (κ3) is 5.76. The van der Waals surface area contributed by atoms with Crippen molar-refractivity contribution >= 4 is 5.91 Å². The van der Waals surface area contributed by atoms with Crippen LogP contribution < -0.4 is 20.5 Å². The van der Waals surface area contributed by atoms with Crippen LogP contribution in [-0.4, -0.2) is 23.5 Å². The van der Waals surface area contributed by atoms with Crippen LogP contribution in [0, 0.1) is 0 Å². The summed E-state index contributed by atoms with van der Waals surface area (Å²) < 4.78 is 11.3. The standard InChI is InChI=1S/C19H25N3O3/c1-3-7-15(20)19(23)22-13-14-10-11-18(21-12-14)25-17-9-6-5-8-16(17)24-4-2/h5-6,8-12,15H,3-4,7,13,20H2,1-2H3,(H,22,23). The number of nitrogens with one attached hydrogen (secondary N) is 1. The Balaban J connectivity index is 1.93. The molecule has 1 heterocycles. The molecule has 0 saturated heterocycles. The van der Waals surface area contributed by atoms with E-state index in [1.54, 1.807) is 12.3 Å². The Morgan fingerprint density at radius 3 is 2.60 bits per heavy atom. The fourth-order valence-electron chi connectivity index (χ4n) is 2.26. The molecule has 0 spiro atoms. The number of nitrogens with zero attached hydrogens (tertiary/aromatic N) is 1. The Kier molecular flexibility index (Phi) is 7.22. The van der Waals surface area contributed by atoms with Gasteiger partial charge in [-0.3, -0.25) is 4.79 Å². The van der Waals surface area contributed by atoms with E-state index >= 15 is 0 Å². The van der Waals surface area contributed by atoms with Gasteiger partial charge in [0.05, 0.1) is 12.6 Å². The second-order valence-corrected chi connectivity index (χ2v) is 5.60. The van der Waals surface area contributed by atoms with Crippen molar-refractivity contribution in [3.05, 3.63) is 48.2 Å². The van der Waals surface area contributed by atoms with Crippen molar-refractivity contribution < 1.29 is 14.3 Å². The molecule has 1 aromatic heterocycles. The molecule has 1 unspecified atom stereocenters. The first-order valence-corrected chi connectivity index (χ1v) is 8.52. The molecule has 6 nitrogen and oxygen atoms in total. The maximum Gasteiger partial charge on any atom is 0.237 e. The van der Waals surface area contributed by atoms with Crippen molar-refractivity contribution in [1.82, 2.24) is 10.3 Å². The number of pyridine rings is 1. The average molecular weight is 343 g/mol. The molecule has 2 rings (SSSR count). The van der Waals surface area contributed by atoms with Gasteiger partial charge in [0.15, 0.2) is 11.5 Å². The maximum atomic E-state index is 11.8. The van der Waals surface area contributed by atoms with Gasteiger partial charge in [-0.05, 0) is 31.0 Å². The van der Waals surface area contributed by atoms with Crippen LogP contribution in [0.1, 0.15) is 32.3 Å². The van der Waals surface area contributed by atoms with Gasteiger partial charge in [-0.2, -0.15) is 0 Å². The van der Waals surface area contributed by atoms with E-state index in [2.05, 4.69) is 10.3 Å². The zero-order valence-corrected chi connectivity index (χ0v) is 14.7. The highest BCUT2D eigenvalue weighted by atomic mass is 16.5. The molecule has 0 radical (unpaired) electrons. The number of rotatable bonds is 9. The molecular formula is C19H25N3O3. The lowest BCUT2D eigenvalue weighted by molar-refractivity contribution is -0.122. The van der Waals surface area contributed by atoms with Crippen molar-refractivity contribution in [2.24, 2.45) is 5.73 Å². The second kappa shape index (κ2) is 9.64. The third-order valence-corrected chi connectivity index (χ3v) is 3.56. The van der Waals surface area contributed by atoms with Gasteiger partial charge in [0.1, 0.15) is 0 Å². The average Bonchev–Trinajstić information content (AvgIpc) is 2.63. The van der Waals surface area contributed by atoms with E-state index in [9.17, 15) is 4.79 Å². The molecular weight excluding hydrogens is 318 g/mol. The van der Waals surface area contributed by atoms with Crippen LogP contribution in [0.2, 0.25) is 0 Å². The minimum absolute atomic E-state index is 0.146. The molecule has 1 atom stereocenters. The first kappa shape index (κ1) is 18.7. The summed E-state index contributed by atoms with van der Waals surface area (Å²) >= 11 is 0. The van der Waals surface area contributed by atoms with Crippen molar-refractivity contribution in [3.8, 4) is 17.4 Å². The summed E-state index contributed by atoms with van der Waals surface area (Å²) in [6.45, 7) is 4.87. The normalized spacial score (nSPS) is 11.6. The second-order valence-electron chi connectivity index (χ2n) is 5.60. The van der Waals surface area contributed by atoms with Crippen molar-refractivity contribution in [3.63, 3.8) is 0 Å². The summed E-state index contributed by atoms with van der Waals surface area (Å²) in [6, 6.07) is 10.6. The van der Waals surface area contributed by atoms with Crippen LogP contribution in [0.25, 0.3) is 0 Å². The first-order chi connectivity index (χ1) is 12.1. The molecule has 6 heteroatoms. The molecule has 0 aliphatic rings. The molecule has 0 aliphatic heterocycles. The number of aromatic nitrogens is 1. The number of ether oxygens (including phenoxy) is 2. The summed E-state index contributed by atoms with van der Waals surface area (Å²) in [7, 11) is 0. The van der Waals surface area contributed by atoms with E-state index in [0.717, 1.165) is 12.0 Å². The highest BCUT2D eigenvalue weighted by Gasteiger charge is 2.11. The lowest BCUT2D eigenvalue weighted by atomic mass is 10.1. The fraction of sp³-hybridized carbons (Fsp3) is 0.368. The van der Waals surface area contributed by atoms with Gasteiger partial charge in [0, 0.05) is 18.8 Å². The number of carbonyl (C=O) groups is 1. The fourth-order valence-corrected chi connectivity index (χ4v) is 2.26. The highest BCUT2D eigenvalue weighted by Crippen LogP contribution is 2.30. The molecule has 0 saturated carbocycles.